The molecule has 0 heterocycles. The molecule has 0 fully saturated rings. The van der Waals surface area contributed by atoms with Crippen molar-refractivity contribution < 1.29 is 19.1 Å². The van der Waals surface area contributed by atoms with Gasteiger partial charge in [0.25, 0.3) is 11.8 Å². The monoisotopic (exact) mass is 404 g/mol. The van der Waals surface area contributed by atoms with Gasteiger partial charge in [0.2, 0.25) is 0 Å². The van der Waals surface area contributed by atoms with Gasteiger partial charge in [-0.1, -0.05) is 42.5 Å². The van der Waals surface area contributed by atoms with Crippen LogP contribution >= 0.6 is 0 Å². The maximum absolute atomic E-state index is 12.7. The number of rotatable bonds is 8. The Labute approximate surface area is 176 Å². The summed E-state index contributed by atoms with van der Waals surface area (Å²) in [6, 6.07) is 23.6. The van der Waals surface area contributed by atoms with Crippen molar-refractivity contribution in [3.63, 3.8) is 0 Å². The lowest BCUT2D eigenvalue weighted by atomic mass is 10.1. The molecule has 1 N–H and O–H groups in total. The number of methoxy groups -OCH3 is 1. The van der Waals surface area contributed by atoms with Crippen LogP contribution in [0.1, 0.15) is 15.9 Å². The molecule has 0 saturated carbocycles. The highest BCUT2D eigenvalue weighted by molar-refractivity contribution is 6.04. The second-order valence-electron chi connectivity index (χ2n) is 6.60. The van der Waals surface area contributed by atoms with E-state index in [0.717, 1.165) is 5.56 Å². The van der Waals surface area contributed by atoms with Crippen LogP contribution in [0.2, 0.25) is 0 Å². The number of para-hydroxylation sites is 1. The molecule has 30 heavy (non-hydrogen) atoms. The van der Waals surface area contributed by atoms with Crippen LogP contribution in [0.25, 0.3) is 0 Å². The lowest BCUT2D eigenvalue weighted by molar-refractivity contribution is -0.120. The van der Waals surface area contributed by atoms with Gasteiger partial charge in [-0.2, -0.15) is 0 Å². The van der Waals surface area contributed by atoms with Crippen LogP contribution in [0.15, 0.2) is 78.9 Å². The molecule has 154 valence electrons. The van der Waals surface area contributed by atoms with Crippen LogP contribution in [-0.2, 0) is 11.3 Å². The molecule has 0 aromatic heterocycles. The largest absolute Gasteiger partial charge is 0.497 e. The Kier molecular flexibility index (Phi) is 7.05. The molecule has 0 bridgehead atoms. The molecule has 6 nitrogen and oxygen atoms in total. The molecule has 0 aliphatic heterocycles. The first-order chi connectivity index (χ1) is 14.6. The summed E-state index contributed by atoms with van der Waals surface area (Å²) < 4.78 is 10.7. The summed E-state index contributed by atoms with van der Waals surface area (Å²) in [5, 5.41) is 2.90. The third-order valence-electron chi connectivity index (χ3n) is 4.60. The van der Waals surface area contributed by atoms with Crippen molar-refractivity contribution in [1.29, 1.82) is 0 Å². The Bertz CT molecular complexity index is 988. The highest BCUT2D eigenvalue weighted by atomic mass is 16.5. The highest BCUT2D eigenvalue weighted by Gasteiger charge is 2.18. The lowest BCUT2D eigenvalue weighted by Gasteiger charge is -2.20. The first-order valence-corrected chi connectivity index (χ1v) is 9.53. The second-order valence-corrected chi connectivity index (χ2v) is 6.60. The number of hydrogen-bond donors (Lipinski definition) is 1. The molecule has 3 rings (SSSR count). The maximum atomic E-state index is 12.7. The quantitative estimate of drug-likeness (QED) is 0.622. The summed E-state index contributed by atoms with van der Waals surface area (Å²) in [6.45, 7) is 0.259. The van der Waals surface area contributed by atoms with Crippen LogP contribution in [0, 0.1) is 0 Å². The number of anilines is 1. The first-order valence-electron chi connectivity index (χ1n) is 9.53. The van der Waals surface area contributed by atoms with Crippen molar-refractivity contribution in [2.45, 2.75) is 6.54 Å². The summed E-state index contributed by atoms with van der Waals surface area (Å²) >= 11 is 0. The van der Waals surface area contributed by atoms with Crippen molar-refractivity contribution in [2.24, 2.45) is 0 Å². The third kappa shape index (κ3) is 5.38. The van der Waals surface area contributed by atoms with Gasteiger partial charge in [0, 0.05) is 13.6 Å². The SMILES string of the molecule is COc1ccc(OCC(=O)N(C)c2ccccc2C(=O)NCc2ccccc2)cc1. The predicted molar refractivity (Wildman–Crippen MR) is 116 cm³/mol. The van der Waals surface area contributed by atoms with E-state index in [9.17, 15) is 9.59 Å². The van der Waals surface area contributed by atoms with Gasteiger partial charge in [0.15, 0.2) is 6.61 Å². The molecule has 0 unspecified atom stereocenters. The number of benzene rings is 3. The minimum Gasteiger partial charge on any atom is -0.497 e. The molecular weight excluding hydrogens is 380 g/mol. The fraction of sp³-hybridized carbons (Fsp3) is 0.167. The van der Waals surface area contributed by atoms with Gasteiger partial charge in [-0.05, 0) is 42.0 Å². The van der Waals surface area contributed by atoms with Gasteiger partial charge in [-0.25, -0.2) is 0 Å². The number of carbonyl (C=O) groups excluding carboxylic acids is 2. The zero-order valence-corrected chi connectivity index (χ0v) is 17.0. The smallest absolute Gasteiger partial charge is 0.264 e. The van der Waals surface area contributed by atoms with Crippen molar-refractivity contribution in [2.75, 3.05) is 25.7 Å². The fourth-order valence-corrected chi connectivity index (χ4v) is 2.88. The molecule has 3 aromatic carbocycles. The van der Waals surface area contributed by atoms with Crippen molar-refractivity contribution >= 4 is 17.5 Å². The van der Waals surface area contributed by atoms with Crippen LogP contribution in [0.3, 0.4) is 0 Å². The standard InChI is InChI=1S/C24H24N2O4/c1-26(23(27)17-30-20-14-12-19(29-2)13-15-20)22-11-7-6-10-21(22)24(28)25-16-18-8-4-3-5-9-18/h3-15H,16-17H2,1-2H3,(H,25,28). The maximum Gasteiger partial charge on any atom is 0.264 e. The Balaban J connectivity index is 1.64. The van der Waals surface area contributed by atoms with E-state index in [-0.39, 0.29) is 18.4 Å². The summed E-state index contributed by atoms with van der Waals surface area (Å²) in [4.78, 5) is 26.8. The number of carbonyl (C=O) groups is 2. The Morgan fingerprint density at radius 1 is 0.867 bits per heavy atom. The summed E-state index contributed by atoms with van der Waals surface area (Å²) in [6.07, 6.45) is 0. The molecular formula is C24H24N2O4. The lowest BCUT2D eigenvalue weighted by Crippen LogP contribution is -2.33. The van der Waals surface area contributed by atoms with Crippen LogP contribution < -0.4 is 19.7 Å². The van der Waals surface area contributed by atoms with E-state index in [1.807, 2.05) is 30.3 Å². The summed E-state index contributed by atoms with van der Waals surface area (Å²) in [7, 11) is 3.21. The molecule has 6 heteroatoms. The molecule has 0 aliphatic rings. The highest BCUT2D eigenvalue weighted by Crippen LogP contribution is 2.21. The molecule has 0 radical (unpaired) electrons. The number of nitrogens with one attached hydrogen (secondary N) is 1. The van der Waals surface area contributed by atoms with Crippen LogP contribution in [-0.4, -0.2) is 32.6 Å². The van der Waals surface area contributed by atoms with Crippen molar-refractivity contribution in [3.8, 4) is 11.5 Å². The molecule has 0 atom stereocenters. The van der Waals surface area contributed by atoms with Gasteiger partial charge in [0.05, 0.1) is 18.4 Å². The van der Waals surface area contributed by atoms with Crippen LogP contribution in [0.4, 0.5) is 5.69 Å². The molecule has 2 amide bonds. The zero-order chi connectivity index (χ0) is 21.3. The molecule has 0 saturated heterocycles. The van der Waals surface area contributed by atoms with Crippen molar-refractivity contribution in [3.05, 3.63) is 90.0 Å². The predicted octanol–water partition coefficient (Wildman–Crippen LogP) is 3.67. The average Bonchev–Trinajstić information content (AvgIpc) is 2.81. The van der Waals surface area contributed by atoms with E-state index < -0.39 is 0 Å². The number of likely N-dealkylation sites (N-methyl/N-ethyl adjacent to an activating group) is 1. The van der Waals surface area contributed by atoms with E-state index in [1.165, 1.54) is 4.90 Å². The minimum atomic E-state index is -0.269. The molecule has 0 aliphatic carbocycles. The normalized spacial score (nSPS) is 10.2. The van der Waals surface area contributed by atoms with E-state index in [4.69, 9.17) is 9.47 Å². The zero-order valence-electron chi connectivity index (χ0n) is 17.0. The first kappa shape index (κ1) is 20.9. The summed E-state index contributed by atoms with van der Waals surface area (Å²) in [5.41, 5.74) is 1.95. The van der Waals surface area contributed by atoms with Gasteiger partial charge in [-0.15, -0.1) is 0 Å². The number of hydrogen-bond acceptors (Lipinski definition) is 4. The Morgan fingerprint density at radius 2 is 1.50 bits per heavy atom. The van der Waals surface area contributed by atoms with Gasteiger partial charge >= 0.3 is 0 Å². The van der Waals surface area contributed by atoms with E-state index in [2.05, 4.69) is 5.32 Å². The van der Waals surface area contributed by atoms with Gasteiger partial charge in [0.1, 0.15) is 11.5 Å². The van der Waals surface area contributed by atoms with Crippen molar-refractivity contribution in [1.82, 2.24) is 5.32 Å². The Morgan fingerprint density at radius 3 is 2.20 bits per heavy atom. The number of amides is 2. The number of ether oxygens (including phenoxy) is 2. The average molecular weight is 404 g/mol. The Hall–Kier alpha value is -3.80. The summed E-state index contributed by atoms with van der Waals surface area (Å²) in [5.74, 6) is 0.756. The van der Waals surface area contributed by atoms with E-state index in [0.29, 0.717) is 29.3 Å². The van der Waals surface area contributed by atoms with E-state index >= 15 is 0 Å². The van der Waals surface area contributed by atoms with Crippen LogP contribution in [0.5, 0.6) is 11.5 Å². The topological polar surface area (TPSA) is 67.9 Å². The van der Waals surface area contributed by atoms with Gasteiger partial charge in [-0.3, -0.25) is 9.59 Å². The third-order valence-corrected chi connectivity index (χ3v) is 4.60. The van der Waals surface area contributed by atoms with Gasteiger partial charge < -0.3 is 19.7 Å². The second kappa shape index (κ2) is 10.1. The minimum absolute atomic E-state index is 0.150. The fourth-order valence-electron chi connectivity index (χ4n) is 2.88. The molecule has 0 spiro atoms. The number of nitrogens with zero attached hydrogens (tertiary/aromatic N) is 1. The van der Waals surface area contributed by atoms with E-state index in [1.54, 1.807) is 62.7 Å². The molecule has 3 aromatic rings.